The first kappa shape index (κ1) is 10.4. The molecule has 0 atom stereocenters. The third-order valence-electron chi connectivity index (χ3n) is 3.80. The average Bonchev–Trinajstić information content (AvgIpc) is 2.99. The summed E-state index contributed by atoms with van der Waals surface area (Å²) >= 11 is 0. The Balaban J connectivity index is 2.11. The summed E-state index contributed by atoms with van der Waals surface area (Å²) in [6, 6.07) is 12.4. The van der Waals surface area contributed by atoms with E-state index in [1.165, 1.54) is 18.4 Å². The van der Waals surface area contributed by atoms with E-state index < -0.39 is 0 Å². The zero-order valence-corrected chi connectivity index (χ0v) is 9.73. The molecule has 1 aromatic carbocycles. The Morgan fingerprint density at radius 2 is 1.82 bits per heavy atom. The van der Waals surface area contributed by atoms with Crippen molar-refractivity contribution >= 4 is 5.88 Å². The first-order chi connectivity index (χ1) is 8.31. The van der Waals surface area contributed by atoms with Crippen LogP contribution in [0.1, 0.15) is 36.9 Å². The molecule has 1 aromatic heterocycles. The molecule has 1 heterocycles. The summed E-state index contributed by atoms with van der Waals surface area (Å²) in [7, 11) is 0. The Labute approximate surface area is 101 Å². The topological polar surface area (TPSA) is 52.0 Å². The van der Waals surface area contributed by atoms with Crippen LogP contribution in [0, 0.1) is 0 Å². The van der Waals surface area contributed by atoms with E-state index in [0.29, 0.717) is 5.88 Å². The highest BCUT2D eigenvalue weighted by Gasteiger charge is 2.39. The Hall–Kier alpha value is -1.77. The Kier molecular flexibility index (Phi) is 2.39. The zero-order chi connectivity index (χ0) is 11.7. The van der Waals surface area contributed by atoms with Gasteiger partial charge >= 0.3 is 0 Å². The van der Waals surface area contributed by atoms with Crippen molar-refractivity contribution in [2.24, 2.45) is 0 Å². The number of nitrogen functional groups attached to an aromatic ring is 1. The number of rotatable bonds is 2. The van der Waals surface area contributed by atoms with E-state index in [9.17, 15) is 0 Å². The molecule has 0 aliphatic heterocycles. The van der Waals surface area contributed by atoms with Gasteiger partial charge in [-0.2, -0.15) is 0 Å². The quantitative estimate of drug-likeness (QED) is 0.859. The van der Waals surface area contributed by atoms with Gasteiger partial charge in [0.1, 0.15) is 0 Å². The zero-order valence-electron chi connectivity index (χ0n) is 9.73. The van der Waals surface area contributed by atoms with Crippen LogP contribution in [0.25, 0.3) is 0 Å². The second kappa shape index (κ2) is 3.91. The van der Waals surface area contributed by atoms with Crippen LogP contribution in [-0.4, -0.2) is 5.16 Å². The first-order valence-corrected chi connectivity index (χ1v) is 6.09. The minimum atomic E-state index is 0.0162. The van der Waals surface area contributed by atoms with Crippen LogP contribution in [0.15, 0.2) is 40.9 Å². The maximum atomic E-state index is 5.65. The van der Waals surface area contributed by atoms with Crippen LogP contribution < -0.4 is 5.73 Å². The van der Waals surface area contributed by atoms with Gasteiger partial charge in [0.25, 0.3) is 0 Å². The summed E-state index contributed by atoms with van der Waals surface area (Å²) < 4.78 is 5.05. The number of benzene rings is 1. The van der Waals surface area contributed by atoms with Crippen molar-refractivity contribution in [1.29, 1.82) is 0 Å². The SMILES string of the molecule is Nc1cc(C2(c3ccccc3)CCCC2)no1. The van der Waals surface area contributed by atoms with E-state index in [4.69, 9.17) is 10.3 Å². The molecule has 1 aliphatic carbocycles. The summed E-state index contributed by atoms with van der Waals surface area (Å²) in [5, 5.41) is 4.15. The monoisotopic (exact) mass is 228 g/mol. The van der Waals surface area contributed by atoms with Gasteiger partial charge in [0.15, 0.2) is 0 Å². The van der Waals surface area contributed by atoms with Gasteiger partial charge in [0, 0.05) is 11.5 Å². The fourth-order valence-electron chi connectivity index (χ4n) is 2.94. The lowest BCUT2D eigenvalue weighted by Crippen LogP contribution is -2.24. The predicted octanol–water partition coefficient (Wildman–Crippen LogP) is 3.12. The lowest BCUT2D eigenvalue weighted by Gasteiger charge is -2.26. The van der Waals surface area contributed by atoms with Crippen molar-refractivity contribution in [2.75, 3.05) is 5.73 Å². The molecule has 3 nitrogen and oxygen atoms in total. The summed E-state index contributed by atoms with van der Waals surface area (Å²) in [4.78, 5) is 0. The van der Waals surface area contributed by atoms with Gasteiger partial charge in [-0.25, -0.2) is 0 Å². The van der Waals surface area contributed by atoms with Crippen molar-refractivity contribution in [3.63, 3.8) is 0 Å². The summed E-state index contributed by atoms with van der Waals surface area (Å²) in [6.07, 6.45) is 4.73. The Bertz CT molecular complexity index is 498. The second-order valence-electron chi connectivity index (χ2n) is 4.77. The van der Waals surface area contributed by atoms with Crippen LogP contribution in [0.5, 0.6) is 0 Å². The first-order valence-electron chi connectivity index (χ1n) is 6.09. The van der Waals surface area contributed by atoms with Crippen LogP contribution in [-0.2, 0) is 5.41 Å². The van der Waals surface area contributed by atoms with Gasteiger partial charge < -0.3 is 10.3 Å². The molecular formula is C14H16N2O. The van der Waals surface area contributed by atoms with Crippen molar-refractivity contribution < 1.29 is 4.52 Å². The lowest BCUT2D eigenvalue weighted by molar-refractivity contribution is 0.398. The van der Waals surface area contributed by atoms with Crippen molar-refractivity contribution in [3.05, 3.63) is 47.7 Å². The van der Waals surface area contributed by atoms with Crippen LogP contribution in [0.4, 0.5) is 5.88 Å². The highest BCUT2D eigenvalue weighted by molar-refractivity contribution is 5.40. The molecule has 17 heavy (non-hydrogen) atoms. The van der Waals surface area contributed by atoms with E-state index in [1.54, 1.807) is 0 Å². The summed E-state index contributed by atoms with van der Waals surface area (Å²) in [6.45, 7) is 0. The molecule has 0 spiro atoms. The summed E-state index contributed by atoms with van der Waals surface area (Å²) in [5.74, 6) is 0.405. The molecule has 3 heteroatoms. The van der Waals surface area contributed by atoms with E-state index >= 15 is 0 Å². The lowest BCUT2D eigenvalue weighted by atomic mass is 9.76. The van der Waals surface area contributed by atoms with Gasteiger partial charge in [0.05, 0.1) is 5.69 Å². The maximum absolute atomic E-state index is 5.65. The molecule has 1 saturated carbocycles. The number of nitrogens with two attached hydrogens (primary N) is 1. The molecule has 0 amide bonds. The number of nitrogens with zero attached hydrogens (tertiary/aromatic N) is 1. The Morgan fingerprint density at radius 3 is 2.41 bits per heavy atom. The third kappa shape index (κ3) is 1.62. The second-order valence-corrected chi connectivity index (χ2v) is 4.77. The maximum Gasteiger partial charge on any atom is 0.222 e. The molecule has 1 aliphatic rings. The van der Waals surface area contributed by atoms with Crippen LogP contribution in [0.3, 0.4) is 0 Å². The predicted molar refractivity (Wildman–Crippen MR) is 66.6 cm³/mol. The van der Waals surface area contributed by atoms with Crippen molar-refractivity contribution in [2.45, 2.75) is 31.1 Å². The van der Waals surface area contributed by atoms with Crippen LogP contribution >= 0.6 is 0 Å². The van der Waals surface area contributed by atoms with Gasteiger partial charge in [-0.1, -0.05) is 48.3 Å². The van der Waals surface area contributed by atoms with Crippen molar-refractivity contribution in [1.82, 2.24) is 5.16 Å². The minimum absolute atomic E-state index is 0.0162. The standard InChI is InChI=1S/C14H16N2O/c15-13-10-12(16-17-13)14(8-4-5-9-14)11-6-2-1-3-7-11/h1-3,6-7,10H,4-5,8-9,15H2. The van der Waals surface area contributed by atoms with E-state index in [-0.39, 0.29) is 5.41 Å². The molecule has 88 valence electrons. The highest BCUT2D eigenvalue weighted by Crippen LogP contribution is 2.46. The van der Waals surface area contributed by atoms with E-state index in [1.807, 2.05) is 12.1 Å². The summed E-state index contributed by atoms with van der Waals surface area (Å²) in [5.41, 5.74) is 7.98. The molecule has 0 radical (unpaired) electrons. The number of aromatic nitrogens is 1. The fraction of sp³-hybridized carbons (Fsp3) is 0.357. The van der Waals surface area contributed by atoms with Crippen molar-refractivity contribution in [3.8, 4) is 0 Å². The third-order valence-corrected chi connectivity index (χ3v) is 3.80. The van der Waals surface area contributed by atoms with E-state index in [0.717, 1.165) is 18.5 Å². The van der Waals surface area contributed by atoms with Gasteiger partial charge in [0.2, 0.25) is 5.88 Å². The molecule has 0 saturated heterocycles. The molecule has 3 rings (SSSR count). The van der Waals surface area contributed by atoms with Gasteiger partial charge in [-0.15, -0.1) is 0 Å². The van der Waals surface area contributed by atoms with E-state index in [2.05, 4.69) is 29.4 Å². The molecule has 2 N–H and O–H groups in total. The normalized spacial score (nSPS) is 18.4. The van der Waals surface area contributed by atoms with Gasteiger partial charge in [-0.3, -0.25) is 0 Å². The largest absolute Gasteiger partial charge is 0.368 e. The smallest absolute Gasteiger partial charge is 0.222 e. The fourth-order valence-corrected chi connectivity index (χ4v) is 2.94. The molecule has 0 unspecified atom stereocenters. The highest BCUT2D eigenvalue weighted by atomic mass is 16.5. The molecule has 2 aromatic rings. The van der Waals surface area contributed by atoms with Gasteiger partial charge in [-0.05, 0) is 18.4 Å². The Morgan fingerprint density at radius 1 is 1.12 bits per heavy atom. The number of hydrogen-bond acceptors (Lipinski definition) is 3. The van der Waals surface area contributed by atoms with Crippen LogP contribution in [0.2, 0.25) is 0 Å². The molecular weight excluding hydrogens is 212 g/mol. The minimum Gasteiger partial charge on any atom is -0.368 e. The average molecular weight is 228 g/mol. The molecule has 1 fully saturated rings. The molecule has 0 bridgehead atoms. The number of hydrogen-bond donors (Lipinski definition) is 1. The number of anilines is 1.